The van der Waals surface area contributed by atoms with Crippen molar-refractivity contribution < 1.29 is 58.2 Å². The molecular weight excluding hydrogens is 241 g/mol. The zero-order valence-corrected chi connectivity index (χ0v) is 4.54. The van der Waals surface area contributed by atoms with E-state index in [-0.39, 0.29) is 43.2 Å². The number of carboxylic acid groups (broad SMARTS) is 2. The number of carbonyl (C=O) groups is 1. The van der Waals surface area contributed by atoms with Gasteiger partial charge in [0.15, 0.2) is 0 Å². The molecule has 0 aliphatic heterocycles. The van der Waals surface area contributed by atoms with Gasteiger partial charge in [-0.2, -0.15) is 0 Å². The summed E-state index contributed by atoms with van der Waals surface area (Å²) in [4.78, 5) is 8.56. The Morgan fingerprint density at radius 2 is 1.33 bits per heavy atom. The smallest absolute Gasteiger partial charge is 0.450 e. The van der Waals surface area contributed by atoms with E-state index < -0.39 is 6.16 Å². The molecule has 1 radical (unpaired) electrons. The summed E-state index contributed by atoms with van der Waals surface area (Å²) in [6.07, 6.45) is -1.83. The van der Waals surface area contributed by atoms with Crippen LogP contribution in [0.25, 0.3) is 0 Å². The first-order valence-corrected chi connectivity index (χ1v) is 0.651. The van der Waals surface area contributed by atoms with Gasteiger partial charge in [0.05, 0.1) is 0 Å². The summed E-state index contributed by atoms with van der Waals surface area (Å²) < 4.78 is 0. The van der Waals surface area contributed by atoms with Crippen LogP contribution in [0.5, 0.6) is 0 Å². The van der Waals surface area contributed by atoms with E-state index in [1.165, 1.54) is 0 Å². The molecule has 0 saturated carbocycles. The summed E-state index contributed by atoms with van der Waals surface area (Å²) in [7, 11) is 0. The molecule has 0 amide bonds. The predicted molar refractivity (Wildman–Crippen MR) is 14.3 cm³/mol. The van der Waals surface area contributed by atoms with E-state index in [0.717, 1.165) is 0 Å². The van der Waals surface area contributed by atoms with Crippen LogP contribution in [0.15, 0.2) is 0 Å². The molecule has 4 N–H and O–H groups in total. The standard InChI is InChI=1S/CH2O3.Ho.H2O/c2-1(3)4;;/h(H2,2,3,4);;1H2. The second kappa shape index (κ2) is 9.09. The third-order valence-corrected chi connectivity index (χ3v) is 0. The first-order valence-electron chi connectivity index (χ1n) is 0.651. The zero-order valence-electron chi connectivity index (χ0n) is 2.60. The van der Waals surface area contributed by atoms with Crippen molar-refractivity contribution in [3.8, 4) is 0 Å². The zero-order chi connectivity index (χ0) is 3.58. The molecule has 5 heteroatoms. The fourth-order valence-electron chi connectivity index (χ4n) is 0. The number of hydrogen-bond acceptors (Lipinski definition) is 1. The topological polar surface area (TPSA) is 89.0 Å². The third-order valence-electron chi connectivity index (χ3n) is 0. The summed E-state index contributed by atoms with van der Waals surface area (Å²) in [6, 6.07) is 0. The van der Waals surface area contributed by atoms with E-state index in [9.17, 15) is 0 Å². The largest absolute Gasteiger partial charge is 0.503 e. The maximum absolute atomic E-state index is 8.56. The minimum absolute atomic E-state index is 0. The first-order chi connectivity index (χ1) is 1.73. The molecular formula is CH4HoO4. The SMILES string of the molecule is O.O=C(O)O.[Ho]. The van der Waals surface area contributed by atoms with Gasteiger partial charge in [-0.3, -0.25) is 0 Å². The van der Waals surface area contributed by atoms with Crippen LogP contribution in [-0.4, -0.2) is 21.8 Å². The Labute approximate surface area is 64.1 Å². The average molecular weight is 245 g/mol. The van der Waals surface area contributed by atoms with Gasteiger partial charge in [0.2, 0.25) is 0 Å². The second-order valence-electron chi connectivity index (χ2n) is 0.283. The molecule has 4 nitrogen and oxygen atoms in total. The maximum Gasteiger partial charge on any atom is 0.503 e. The molecule has 0 saturated heterocycles. The summed E-state index contributed by atoms with van der Waals surface area (Å²) in [6.45, 7) is 0. The Morgan fingerprint density at radius 1 is 1.33 bits per heavy atom. The minimum Gasteiger partial charge on any atom is -0.450 e. The molecule has 0 aromatic heterocycles. The van der Waals surface area contributed by atoms with Gasteiger partial charge in [-0.15, -0.1) is 0 Å². The number of rotatable bonds is 0. The summed E-state index contributed by atoms with van der Waals surface area (Å²) in [5.74, 6) is 0. The molecule has 0 rings (SSSR count). The van der Waals surface area contributed by atoms with Gasteiger partial charge in [0.1, 0.15) is 0 Å². The average Bonchev–Trinajstić information content (AvgIpc) is 0.811. The van der Waals surface area contributed by atoms with Crippen LogP contribution in [0.4, 0.5) is 4.79 Å². The molecule has 0 heterocycles. The van der Waals surface area contributed by atoms with Crippen molar-refractivity contribution in [1.29, 1.82) is 0 Å². The van der Waals surface area contributed by atoms with Crippen LogP contribution in [0.1, 0.15) is 0 Å². The van der Waals surface area contributed by atoms with E-state index in [2.05, 4.69) is 0 Å². The first kappa shape index (κ1) is 16.1. The van der Waals surface area contributed by atoms with Crippen molar-refractivity contribution in [2.75, 3.05) is 0 Å². The summed E-state index contributed by atoms with van der Waals surface area (Å²) >= 11 is 0. The van der Waals surface area contributed by atoms with Crippen LogP contribution < -0.4 is 0 Å². The maximum atomic E-state index is 8.56. The van der Waals surface area contributed by atoms with E-state index >= 15 is 0 Å². The Hall–Kier alpha value is 0.490. The Kier molecular flexibility index (Phi) is 24.3. The molecule has 0 aliphatic rings. The predicted octanol–water partition coefficient (Wildman–Crippen LogP) is -0.602. The summed E-state index contributed by atoms with van der Waals surface area (Å²) in [5.41, 5.74) is 0. The quantitative estimate of drug-likeness (QED) is 0.558. The molecule has 43 valence electrons. The van der Waals surface area contributed by atoms with Crippen LogP contribution in [0.2, 0.25) is 0 Å². The fraction of sp³-hybridized carbons (Fsp3) is 0. The fourth-order valence-corrected chi connectivity index (χ4v) is 0. The van der Waals surface area contributed by atoms with E-state index in [1.807, 2.05) is 0 Å². The Balaban J connectivity index is -0.0000000450. The molecule has 0 aromatic carbocycles. The van der Waals surface area contributed by atoms with Crippen molar-refractivity contribution in [2.24, 2.45) is 0 Å². The molecule has 0 atom stereocenters. The van der Waals surface area contributed by atoms with Crippen LogP contribution in [0, 0.1) is 37.7 Å². The van der Waals surface area contributed by atoms with Crippen molar-refractivity contribution in [1.82, 2.24) is 0 Å². The normalized spacial score (nSPS) is 4.00. The van der Waals surface area contributed by atoms with E-state index in [0.29, 0.717) is 0 Å². The molecule has 0 aliphatic carbocycles. The molecule has 0 aromatic rings. The number of hydrogen-bond donors (Lipinski definition) is 2. The van der Waals surface area contributed by atoms with E-state index in [1.54, 1.807) is 0 Å². The molecule has 0 spiro atoms. The van der Waals surface area contributed by atoms with Gasteiger partial charge in [0, 0.05) is 37.7 Å². The molecule has 0 fully saturated rings. The van der Waals surface area contributed by atoms with Gasteiger partial charge in [-0.1, -0.05) is 0 Å². The van der Waals surface area contributed by atoms with Crippen molar-refractivity contribution in [3.63, 3.8) is 0 Å². The van der Waals surface area contributed by atoms with Crippen molar-refractivity contribution >= 4 is 6.16 Å². The van der Waals surface area contributed by atoms with Gasteiger partial charge >= 0.3 is 6.16 Å². The summed E-state index contributed by atoms with van der Waals surface area (Å²) in [5, 5.41) is 13.9. The Morgan fingerprint density at radius 3 is 1.33 bits per heavy atom. The second-order valence-corrected chi connectivity index (χ2v) is 0.283. The van der Waals surface area contributed by atoms with Crippen LogP contribution >= 0.6 is 0 Å². The van der Waals surface area contributed by atoms with Gasteiger partial charge in [0.25, 0.3) is 0 Å². The monoisotopic (exact) mass is 245 g/mol. The van der Waals surface area contributed by atoms with E-state index in [4.69, 9.17) is 15.0 Å². The van der Waals surface area contributed by atoms with Gasteiger partial charge in [-0.25, -0.2) is 4.79 Å². The van der Waals surface area contributed by atoms with Gasteiger partial charge < -0.3 is 15.7 Å². The molecule has 0 bridgehead atoms. The third kappa shape index (κ3) is 228. The molecule has 0 unspecified atom stereocenters. The van der Waals surface area contributed by atoms with Crippen LogP contribution in [-0.2, 0) is 0 Å². The van der Waals surface area contributed by atoms with Gasteiger partial charge in [-0.05, 0) is 0 Å². The van der Waals surface area contributed by atoms with Crippen molar-refractivity contribution in [2.45, 2.75) is 0 Å². The minimum atomic E-state index is -1.83. The van der Waals surface area contributed by atoms with Crippen LogP contribution in [0.3, 0.4) is 0 Å². The molecule has 6 heavy (non-hydrogen) atoms. The van der Waals surface area contributed by atoms with Crippen molar-refractivity contribution in [3.05, 3.63) is 0 Å². The Bertz CT molecular complexity index is 30.5.